The van der Waals surface area contributed by atoms with Gasteiger partial charge in [-0.05, 0) is 48.5 Å². The highest BCUT2D eigenvalue weighted by molar-refractivity contribution is 6.33. The van der Waals surface area contributed by atoms with Crippen LogP contribution in [0.2, 0.25) is 5.02 Å². The second-order valence-corrected chi connectivity index (χ2v) is 8.85. The second kappa shape index (κ2) is 12.9. The maximum atomic E-state index is 12.8. The van der Waals surface area contributed by atoms with Crippen LogP contribution >= 0.6 is 11.6 Å². The van der Waals surface area contributed by atoms with Gasteiger partial charge in [0.2, 0.25) is 0 Å². The van der Waals surface area contributed by atoms with Crippen LogP contribution < -0.4 is 30.3 Å². The molecule has 1 fully saturated rings. The van der Waals surface area contributed by atoms with Gasteiger partial charge >= 0.3 is 12.1 Å². The van der Waals surface area contributed by atoms with Crippen LogP contribution in [0.1, 0.15) is 0 Å². The fourth-order valence-electron chi connectivity index (χ4n) is 4.00. The van der Waals surface area contributed by atoms with Crippen molar-refractivity contribution < 1.29 is 24.2 Å². The van der Waals surface area contributed by atoms with Gasteiger partial charge in [0.25, 0.3) is 0 Å². The Balaban J connectivity index is 1.27. The molecule has 0 atom stereocenters. The number of carbonyl (C=O) groups excluding carboxylic acids is 2. The van der Waals surface area contributed by atoms with Crippen molar-refractivity contribution in [3.63, 3.8) is 0 Å². The molecule has 1 heterocycles. The monoisotopic (exact) mass is 539 g/mol. The average molecular weight is 540 g/mol. The number of carbonyl (C=O) groups is 2. The first-order chi connectivity index (χ1) is 18.5. The van der Waals surface area contributed by atoms with Crippen molar-refractivity contribution in [3.05, 3.63) is 71.8 Å². The van der Waals surface area contributed by atoms with E-state index in [-0.39, 0.29) is 25.3 Å². The largest absolute Gasteiger partial charge is 0.495 e. The van der Waals surface area contributed by atoms with E-state index in [4.69, 9.17) is 26.2 Å². The minimum atomic E-state index is -0.368. The smallest absolute Gasteiger partial charge is 0.323 e. The van der Waals surface area contributed by atoms with Gasteiger partial charge in [-0.3, -0.25) is 0 Å². The van der Waals surface area contributed by atoms with Gasteiger partial charge in [-0.2, -0.15) is 0 Å². The molecule has 3 aromatic carbocycles. The number of aliphatic hydroxyl groups excluding tert-OH is 1. The van der Waals surface area contributed by atoms with Gasteiger partial charge in [0.1, 0.15) is 18.1 Å². The number of hydrogen-bond acceptors (Lipinski definition) is 6. The Bertz CT molecular complexity index is 1250. The Hall–Kier alpha value is -4.15. The van der Waals surface area contributed by atoms with E-state index in [1.54, 1.807) is 42.3 Å². The molecule has 0 unspecified atom stereocenters. The number of halogens is 1. The topological polar surface area (TPSA) is 115 Å². The number of methoxy groups -OCH3 is 1. The van der Waals surface area contributed by atoms with Crippen molar-refractivity contribution in [2.45, 2.75) is 0 Å². The summed E-state index contributed by atoms with van der Waals surface area (Å²) >= 11 is 6.23. The van der Waals surface area contributed by atoms with Gasteiger partial charge < -0.3 is 40.3 Å². The first kappa shape index (κ1) is 26.9. The van der Waals surface area contributed by atoms with Gasteiger partial charge in [-0.15, -0.1) is 0 Å². The molecule has 200 valence electrons. The number of rotatable bonds is 8. The molecule has 4 N–H and O–H groups in total. The fraction of sp³-hybridized carbons (Fsp3) is 0.259. The summed E-state index contributed by atoms with van der Waals surface area (Å²) in [6, 6.07) is 19.1. The summed E-state index contributed by atoms with van der Waals surface area (Å²) in [5.74, 6) is 1.09. The molecule has 3 aromatic rings. The summed E-state index contributed by atoms with van der Waals surface area (Å²) in [5, 5.41) is 17.8. The molecular weight excluding hydrogens is 510 g/mol. The maximum Gasteiger partial charge on any atom is 0.323 e. The quantitative estimate of drug-likeness (QED) is 0.329. The summed E-state index contributed by atoms with van der Waals surface area (Å²) in [6.45, 7) is 2.43. The number of urea groups is 2. The molecule has 1 saturated heterocycles. The predicted octanol–water partition coefficient (Wildman–Crippen LogP) is 4.72. The molecule has 0 saturated carbocycles. The SMILES string of the molecule is COc1ccccc1NC(=O)Nc1ccc(N2CCN(C(=O)Nc3cc(OCCO)ccc3Cl)CC2)cc1. The standard InChI is InChI=1S/C27H30ClN5O5/c1-37-25-5-3-2-4-23(25)30-26(35)29-19-6-8-20(9-7-19)32-12-14-33(15-13-32)27(36)31-24-18-21(38-17-16-34)10-11-22(24)28/h2-11,18,34H,12-17H2,1H3,(H,31,36)(H2,29,30,35). The Labute approximate surface area is 226 Å². The zero-order valence-electron chi connectivity index (χ0n) is 20.9. The third kappa shape index (κ3) is 6.99. The number of anilines is 4. The molecule has 0 aliphatic carbocycles. The number of benzene rings is 3. The number of nitrogens with zero attached hydrogens (tertiary/aromatic N) is 2. The number of aliphatic hydroxyl groups is 1. The summed E-state index contributed by atoms with van der Waals surface area (Å²) in [7, 11) is 1.55. The van der Waals surface area contributed by atoms with Crippen molar-refractivity contribution >= 4 is 46.4 Å². The molecule has 38 heavy (non-hydrogen) atoms. The first-order valence-electron chi connectivity index (χ1n) is 12.1. The molecule has 1 aliphatic heterocycles. The van der Waals surface area contributed by atoms with Crippen LogP contribution in [0.3, 0.4) is 0 Å². The lowest BCUT2D eigenvalue weighted by Crippen LogP contribution is -2.50. The van der Waals surface area contributed by atoms with Crippen LogP contribution in [0.4, 0.5) is 32.3 Å². The van der Waals surface area contributed by atoms with E-state index in [0.717, 1.165) is 5.69 Å². The highest BCUT2D eigenvalue weighted by Crippen LogP contribution is 2.28. The van der Waals surface area contributed by atoms with Crippen LogP contribution in [-0.2, 0) is 0 Å². The number of piperazine rings is 1. The summed E-state index contributed by atoms with van der Waals surface area (Å²) < 4.78 is 10.7. The van der Waals surface area contributed by atoms with Gasteiger partial charge in [0, 0.05) is 43.6 Å². The Morgan fingerprint density at radius 1 is 0.921 bits per heavy atom. The van der Waals surface area contributed by atoms with Crippen molar-refractivity contribution in [2.24, 2.45) is 0 Å². The lowest BCUT2D eigenvalue weighted by atomic mass is 10.2. The molecule has 0 bridgehead atoms. The van der Waals surface area contributed by atoms with Crippen LogP contribution in [0.5, 0.6) is 11.5 Å². The summed E-state index contributed by atoms with van der Waals surface area (Å²) in [6.07, 6.45) is 0. The van der Waals surface area contributed by atoms with Gasteiger partial charge in [0.15, 0.2) is 0 Å². The lowest BCUT2D eigenvalue weighted by Gasteiger charge is -2.36. The Morgan fingerprint density at radius 3 is 2.37 bits per heavy atom. The zero-order chi connectivity index (χ0) is 26.9. The normalized spacial score (nSPS) is 13.0. The number of nitrogens with one attached hydrogen (secondary N) is 3. The van der Waals surface area contributed by atoms with Crippen molar-refractivity contribution in [1.82, 2.24) is 4.90 Å². The van der Waals surface area contributed by atoms with Crippen LogP contribution in [0.25, 0.3) is 0 Å². The van der Waals surface area contributed by atoms with E-state index in [0.29, 0.717) is 59.8 Å². The summed E-state index contributed by atoms with van der Waals surface area (Å²) in [5.41, 5.74) is 2.68. The average Bonchev–Trinajstić information content (AvgIpc) is 2.94. The van der Waals surface area contributed by atoms with E-state index in [1.807, 2.05) is 36.4 Å². The molecule has 10 nitrogen and oxygen atoms in total. The van der Waals surface area contributed by atoms with Crippen molar-refractivity contribution in [1.29, 1.82) is 0 Å². The lowest BCUT2D eigenvalue weighted by molar-refractivity contribution is 0.201. The number of hydrogen-bond donors (Lipinski definition) is 4. The zero-order valence-corrected chi connectivity index (χ0v) is 21.7. The molecule has 4 rings (SSSR count). The molecule has 4 amide bonds. The number of ether oxygens (including phenoxy) is 2. The van der Waals surface area contributed by atoms with Crippen molar-refractivity contribution in [2.75, 3.05) is 67.4 Å². The third-order valence-electron chi connectivity index (χ3n) is 5.95. The Morgan fingerprint density at radius 2 is 1.66 bits per heavy atom. The number of amides is 4. The maximum absolute atomic E-state index is 12.8. The molecule has 1 aliphatic rings. The van der Waals surface area contributed by atoms with Crippen LogP contribution in [0.15, 0.2) is 66.7 Å². The van der Waals surface area contributed by atoms with E-state index in [2.05, 4.69) is 20.9 Å². The molecule has 0 radical (unpaired) electrons. The second-order valence-electron chi connectivity index (χ2n) is 8.44. The van der Waals surface area contributed by atoms with E-state index < -0.39 is 0 Å². The number of para-hydroxylation sites is 2. The molecule has 0 aromatic heterocycles. The molecular formula is C27H30ClN5O5. The van der Waals surface area contributed by atoms with Crippen LogP contribution in [0, 0.1) is 0 Å². The minimum Gasteiger partial charge on any atom is -0.495 e. The predicted molar refractivity (Wildman–Crippen MR) is 149 cm³/mol. The minimum absolute atomic E-state index is 0.104. The molecule has 0 spiro atoms. The Kier molecular flexibility index (Phi) is 9.12. The highest BCUT2D eigenvalue weighted by atomic mass is 35.5. The van der Waals surface area contributed by atoms with Gasteiger partial charge in [-0.25, -0.2) is 9.59 Å². The van der Waals surface area contributed by atoms with E-state index in [9.17, 15) is 9.59 Å². The van der Waals surface area contributed by atoms with Crippen molar-refractivity contribution in [3.8, 4) is 11.5 Å². The van der Waals surface area contributed by atoms with E-state index in [1.165, 1.54) is 0 Å². The van der Waals surface area contributed by atoms with Crippen LogP contribution in [-0.4, -0.2) is 68.6 Å². The van der Waals surface area contributed by atoms with E-state index >= 15 is 0 Å². The van der Waals surface area contributed by atoms with Gasteiger partial charge in [-0.1, -0.05) is 23.7 Å². The molecule has 11 heteroatoms. The van der Waals surface area contributed by atoms with Gasteiger partial charge in [0.05, 0.1) is 30.1 Å². The fourth-order valence-corrected chi connectivity index (χ4v) is 4.17. The highest BCUT2D eigenvalue weighted by Gasteiger charge is 2.22. The summed E-state index contributed by atoms with van der Waals surface area (Å²) in [4.78, 5) is 29.1. The first-order valence-corrected chi connectivity index (χ1v) is 12.5. The third-order valence-corrected chi connectivity index (χ3v) is 6.28.